The summed E-state index contributed by atoms with van der Waals surface area (Å²) < 4.78 is 5.73. The topological polar surface area (TPSA) is 67.8 Å². The number of hydrogen-bond acceptors (Lipinski definition) is 3. The average molecular weight is 244 g/mol. The molecule has 0 amide bonds. The first-order valence-electron chi connectivity index (χ1n) is 5.80. The lowest BCUT2D eigenvalue weighted by Crippen LogP contribution is -2.26. The zero-order valence-corrected chi connectivity index (χ0v) is 10.2. The molecule has 1 atom stereocenters. The van der Waals surface area contributed by atoms with E-state index >= 15 is 0 Å². The minimum absolute atomic E-state index is 0.131. The highest BCUT2D eigenvalue weighted by Gasteiger charge is 2.09. The van der Waals surface area contributed by atoms with Crippen LogP contribution in [0.2, 0.25) is 0 Å². The molecule has 1 unspecified atom stereocenters. The first kappa shape index (κ1) is 12.2. The third-order valence-electron chi connectivity index (χ3n) is 2.86. The van der Waals surface area contributed by atoms with Gasteiger partial charge < -0.3 is 15.7 Å². The summed E-state index contributed by atoms with van der Waals surface area (Å²) in [5, 5.41) is 13.8. The SMILES string of the molecule is CC(COc1cccc2ccccc12)/C(N)=N/O. The molecule has 18 heavy (non-hydrogen) atoms. The minimum atomic E-state index is -0.131. The Kier molecular flexibility index (Phi) is 3.67. The molecule has 4 heteroatoms. The average Bonchev–Trinajstić information content (AvgIpc) is 2.43. The maximum Gasteiger partial charge on any atom is 0.145 e. The Balaban J connectivity index is 2.17. The van der Waals surface area contributed by atoms with Gasteiger partial charge in [-0.2, -0.15) is 0 Å². The van der Waals surface area contributed by atoms with Crippen LogP contribution in [0.3, 0.4) is 0 Å². The van der Waals surface area contributed by atoms with Crippen LogP contribution >= 0.6 is 0 Å². The molecule has 0 aliphatic rings. The van der Waals surface area contributed by atoms with E-state index in [1.807, 2.05) is 49.4 Å². The fraction of sp³-hybridized carbons (Fsp3) is 0.214. The molecule has 0 aromatic heterocycles. The zero-order chi connectivity index (χ0) is 13.0. The number of nitrogens with zero attached hydrogens (tertiary/aromatic N) is 1. The van der Waals surface area contributed by atoms with E-state index in [9.17, 15) is 0 Å². The lowest BCUT2D eigenvalue weighted by Gasteiger charge is -2.13. The van der Waals surface area contributed by atoms with Crippen LogP contribution in [-0.2, 0) is 0 Å². The van der Waals surface area contributed by atoms with E-state index in [0.29, 0.717) is 6.61 Å². The number of benzene rings is 2. The first-order chi connectivity index (χ1) is 8.72. The Morgan fingerprint density at radius 2 is 2.00 bits per heavy atom. The second-order valence-electron chi connectivity index (χ2n) is 4.21. The zero-order valence-electron chi connectivity index (χ0n) is 10.2. The van der Waals surface area contributed by atoms with Gasteiger partial charge in [-0.05, 0) is 11.5 Å². The molecular formula is C14H16N2O2. The monoisotopic (exact) mass is 244 g/mol. The molecule has 3 N–H and O–H groups in total. The van der Waals surface area contributed by atoms with Gasteiger partial charge in [-0.15, -0.1) is 0 Å². The highest BCUT2D eigenvalue weighted by molar-refractivity contribution is 5.88. The van der Waals surface area contributed by atoms with Gasteiger partial charge >= 0.3 is 0 Å². The quantitative estimate of drug-likeness (QED) is 0.376. The van der Waals surface area contributed by atoms with Gasteiger partial charge in [-0.25, -0.2) is 0 Å². The summed E-state index contributed by atoms with van der Waals surface area (Å²) in [6.45, 7) is 2.23. The molecule has 0 spiro atoms. The molecule has 2 aromatic carbocycles. The maximum absolute atomic E-state index is 8.58. The molecule has 0 saturated heterocycles. The fourth-order valence-electron chi connectivity index (χ4n) is 1.72. The van der Waals surface area contributed by atoms with Gasteiger partial charge in [-0.3, -0.25) is 0 Å². The summed E-state index contributed by atoms with van der Waals surface area (Å²) in [5.74, 6) is 0.856. The van der Waals surface area contributed by atoms with Crippen molar-refractivity contribution >= 4 is 16.6 Å². The molecule has 0 aliphatic heterocycles. The molecule has 0 fully saturated rings. The van der Waals surface area contributed by atoms with Crippen molar-refractivity contribution in [3.05, 3.63) is 42.5 Å². The van der Waals surface area contributed by atoms with Crippen molar-refractivity contribution in [3.63, 3.8) is 0 Å². The van der Waals surface area contributed by atoms with Crippen molar-refractivity contribution in [2.24, 2.45) is 16.8 Å². The van der Waals surface area contributed by atoms with Crippen LogP contribution in [0.25, 0.3) is 10.8 Å². The first-order valence-corrected chi connectivity index (χ1v) is 5.80. The van der Waals surface area contributed by atoms with Crippen molar-refractivity contribution in [2.75, 3.05) is 6.61 Å². The van der Waals surface area contributed by atoms with Crippen molar-refractivity contribution < 1.29 is 9.94 Å². The van der Waals surface area contributed by atoms with Crippen LogP contribution in [0, 0.1) is 5.92 Å². The van der Waals surface area contributed by atoms with Gasteiger partial charge in [0, 0.05) is 5.39 Å². The maximum atomic E-state index is 8.58. The number of hydrogen-bond donors (Lipinski definition) is 2. The van der Waals surface area contributed by atoms with Crippen molar-refractivity contribution in [2.45, 2.75) is 6.92 Å². The van der Waals surface area contributed by atoms with Gasteiger partial charge in [0.15, 0.2) is 0 Å². The number of fused-ring (bicyclic) bond motifs is 1. The number of amidine groups is 1. The Labute approximate surface area is 106 Å². The van der Waals surface area contributed by atoms with Gasteiger partial charge in [0.2, 0.25) is 0 Å². The van der Waals surface area contributed by atoms with Crippen molar-refractivity contribution in [1.82, 2.24) is 0 Å². The largest absolute Gasteiger partial charge is 0.492 e. The standard InChI is InChI=1S/C14H16N2O2/c1-10(14(15)16-17)9-18-13-8-4-6-11-5-2-3-7-12(11)13/h2-8,10,17H,9H2,1H3,(H2,15,16). The molecule has 0 saturated carbocycles. The smallest absolute Gasteiger partial charge is 0.145 e. The van der Waals surface area contributed by atoms with Crippen molar-refractivity contribution in [3.8, 4) is 5.75 Å². The third kappa shape index (κ3) is 2.53. The predicted octanol–water partition coefficient (Wildman–Crippen LogP) is 2.60. The third-order valence-corrected chi connectivity index (χ3v) is 2.86. The number of nitrogens with two attached hydrogens (primary N) is 1. The van der Waals surface area contributed by atoms with Crippen molar-refractivity contribution in [1.29, 1.82) is 0 Å². The van der Waals surface area contributed by atoms with Crippen LogP contribution < -0.4 is 10.5 Å². The molecule has 94 valence electrons. The number of rotatable bonds is 4. The van der Waals surface area contributed by atoms with E-state index < -0.39 is 0 Å². The van der Waals surface area contributed by atoms with Gasteiger partial charge in [0.25, 0.3) is 0 Å². The number of oxime groups is 1. The highest BCUT2D eigenvalue weighted by atomic mass is 16.5. The summed E-state index contributed by atoms with van der Waals surface area (Å²) in [7, 11) is 0. The fourth-order valence-corrected chi connectivity index (χ4v) is 1.72. The summed E-state index contributed by atoms with van der Waals surface area (Å²) in [5.41, 5.74) is 5.51. The summed E-state index contributed by atoms with van der Waals surface area (Å²) >= 11 is 0. The van der Waals surface area contributed by atoms with Gasteiger partial charge in [-0.1, -0.05) is 48.5 Å². The van der Waals surface area contributed by atoms with E-state index in [2.05, 4.69) is 5.16 Å². The molecule has 0 heterocycles. The molecule has 0 bridgehead atoms. The van der Waals surface area contributed by atoms with Crippen LogP contribution in [0.15, 0.2) is 47.6 Å². The second kappa shape index (κ2) is 5.40. The molecule has 4 nitrogen and oxygen atoms in total. The molecule has 2 rings (SSSR count). The minimum Gasteiger partial charge on any atom is -0.492 e. The normalized spacial score (nSPS) is 13.5. The Bertz CT molecular complexity index is 561. The summed E-state index contributed by atoms with van der Waals surface area (Å²) in [4.78, 5) is 0. The predicted molar refractivity (Wildman–Crippen MR) is 72.0 cm³/mol. The molecule has 0 radical (unpaired) electrons. The van der Waals surface area contributed by atoms with E-state index in [0.717, 1.165) is 16.5 Å². The summed E-state index contributed by atoms with van der Waals surface area (Å²) in [6, 6.07) is 13.9. The Morgan fingerprint density at radius 1 is 1.28 bits per heavy atom. The number of ether oxygens (including phenoxy) is 1. The molecule has 2 aromatic rings. The lowest BCUT2D eigenvalue weighted by atomic mass is 10.1. The van der Waals surface area contributed by atoms with E-state index in [4.69, 9.17) is 15.7 Å². The molecule has 0 aliphatic carbocycles. The highest BCUT2D eigenvalue weighted by Crippen LogP contribution is 2.25. The Morgan fingerprint density at radius 3 is 2.78 bits per heavy atom. The van der Waals surface area contributed by atoms with E-state index in [-0.39, 0.29) is 11.8 Å². The van der Waals surface area contributed by atoms with Crippen LogP contribution in [0.5, 0.6) is 5.75 Å². The molecular weight excluding hydrogens is 228 g/mol. The Hall–Kier alpha value is -2.23. The van der Waals surface area contributed by atoms with Crippen LogP contribution in [0.1, 0.15) is 6.92 Å². The lowest BCUT2D eigenvalue weighted by molar-refractivity contribution is 0.281. The van der Waals surface area contributed by atoms with Gasteiger partial charge in [0.1, 0.15) is 11.6 Å². The second-order valence-corrected chi connectivity index (χ2v) is 4.21. The van der Waals surface area contributed by atoms with Crippen LogP contribution in [-0.4, -0.2) is 17.6 Å². The summed E-state index contributed by atoms with van der Waals surface area (Å²) in [6.07, 6.45) is 0. The van der Waals surface area contributed by atoms with E-state index in [1.165, 1.54) is 0 Å². The van der Waals surface area contributed by atoms with Gasteiger partial charge in [0.05, 0.1) is 12.5 Å². The van der Waals surface area contributed by atoms with E-state index in [1.54, 1.807) is 0 Å². The van der Waals surface area contributed by atoms with Crippen LogP contribution in [0.4, 0.5) is 0 Å².